The second-order valence-electron chi connectivity index (χ2n) is 3.52. The first kappa shape index (κ1) is 8.97. The SMILES string of the molecule is CCC(N)NC1(C)CCCN1. The lowest BCUT2D eigenvalue weighted by atomic mass is 10.1. The van der Waals surface area contributed by atoms with Crippen LogP contribution in [0.25, 0.3) is 0 Å². The van der Waals surface area contributed by atoms with Crippen molar-refractivity contribution >= 4 is 0 Å². The molecule has 0 aliphatic carbocycles. The van der Waals surface area contributed by atoms with Gasteiger partial charge in [-0.2, -0.15) is 0 Å². The molecule has 0 amide bonds. The van der Waals surface area contributed by atoms with E-state index in [1.165, 1.54) is 12.8 Å². The van der Waals surface area contributed by atoms with E-state index in [1.807, 2.05) is 0 Å². The van der Waals surface area contributed by atoms with E-state index in [2.05, 4.69) is 24.5 Å². The Bertz CT molecular complexity index is 119. The highest BCUT2D eigenvalue weighted by molar-refractivity contribution is 4.87. The monoisotopic (exact) mass is 157 g/mol. The Hall–Kier alpha value is -0.120. The molecular weight excluding hydrogens is 138 g/mol. The molecule has 0 spiro atoms. The van der Waals surface area contributed by atoms with Crippen LogP contribution < -0.4 is 16.4 Å². The summed E-state index contributed by atoms with van der Waals surface area (Å²) in [6, 6.07) is 0. The van der Waals surface area contributed by atoms with Crippen LogP contribution in [0.2, 0.25) is 0 Å². The van der Waals surface area contributed by atoms with Crippen molar-refractivity contribution in [2.75, 3.05) is 6.54 Å². The Morgan fingerprint density at radius 2 is 2.45 bits per heavy atom. The molecular formula is C8H19N3. The van der Waals surface area contributed by atoms with Gasteiger partial charge in [-0.15, -0.1) is 0 Å². The van der Waals surface area contributed by atoms with Crippen molar-refractivity contribution in [2.24, 2.45) is 5.73 Å². The first-order chi connectivity index (χ1) is 5.16. The third kappa shape index (κ3) is 2.43. The van der Waals surface area contributed by atoms with Gasteiger partial charge in [0.15, 0.2) is 0 Å². The average molecular weight is 157 g/mol. The molecule has 0 radical (unpaired) electrons. The fraction of sp³-hybridized carbons (Fsp3) is 1.00. The lowest BCUT2D eigenvalue weighted by Gasteiger charge is -2.29. The summed E-state index contributed by atoms with van der Waals surface area (Å²) in [6.45, 7) is 5.38. The number of hydrogen-bond donors (Lipinski definition) is 3. The van der Waals surface area contributed by atoms with Crippen LogP contribution in [0.15, 0.2) is 0 Å². The second-order valence-corrected chi connectivity index (χ2v) is 3.52. The molecule has 0 aromatic heterocycles. The predicted octanol–water partition coefficient (Wildman–Crippen LogP) is 0.370. The highest BCUT2D eigenvalue weighted by Gasteiger charge is 2.28. The van der Waals surface area contributed by atoms with Gasteiger partial charge in [0.1, 0.15) is 0 Å². The maximum atomic E-state index is 5.79. The quantitative estimate of drug-likeness (QED) is 0.519. The summed E-state index contributed by atoms with van der Waals surface area (Å²) in [4.78, 5) is 0. The molecule has 0 aromatic carbocycles. The van der Waals surface area contributed by atoms with Crippen molar-refractivity contribution in [2.45, 2.75) is 44.9 Å². The molecule has 1 rings (SSSR count). The van der Waals surface area contributed by atoms with Crippen LogP contribution in [0, 0.1) is 0 Å². The zero-order valence-corrected chi connectivity index (χ0v) is 7.48. The summed E-state index contributed by atoms with van der Waals surface area (Å²) in [5, 5.41) is 6.78. The third-order valence-corrected chi connectivity index (χ3v) is 2.31. The van der Waals surface area contributed by atoms with Crippen LogP contribution in [-0.2, 0) is 0 Å². The number of rotatable bonds is 3. The minimum Gasteiger partial charge on any atom is -0.316 e. The Balaban J connectivity index is 2.33. The molecule has 1 saturated heterocycles. The van der Waals surface area contributed by atoms with Gasteiger partial charge < -0.3 is 5.73 Å². The van der Waals surface area contributed by atoms with Crippen molar-refractivity contribution in [1.82, 2.24) is 10.6 Å². The van der Waals surface area contributed by atoms with E-state index in [0.717, 1.165) is 13.0 Å². The van der Waals surface area contributed by atoms with Gasteiger partial charge >= 0.3 is 0 Å². The molecule has 1 aliphatic rings. The van der Waals surface area contributed by atoms with Gasteiger partial charge in [-0.1, -0.05) is 6.92 Å². The summed E-state index contributed by atoms with van der Waals surface area (Å²) in [7, 11) is 0. The zero-order chi connectivity index (χ0) is 8.32. The Labute approximate surface area is 68.7 Å². The molecule has 1 aliphatic heterocycles. The molecule has 3 nitrogen and oxygen atoms in total. The van der Waals surface area contributed by atoms with Crippen molar-refractivity contribution in [3.05, 3.63) is 0 Å². The van der Waals surface area contributed by atoms with Gasteiger partial charge in [0.25, 0.3) is 0 Å². The lowest BCUT2D eigenvalue weighted by molar-refractivity contribution is 0.281. The van der Waals surface area contributed by atoms with Crippen molar-refractivity contribution in [3.63, 3.8) is 0 Å². The largest absolute Gasteiger partial charge is 0.316 e. The van der Waals surface area contributed by atoms with Crippen LogP contribution in [0.1, 0.15) is 33.1 Å². The smallest absolute Gasteiger partial charge is 0.0670 e. The molecule has 11 heavy (non-hydrogen) atoms. The number of nitrogens with one attached hydrogen (secondary N) is 2. The van der Waals surface area contributed by atoms with E-state index < -0.39 is 0 Å². The van der Waals surface area contributed by atoms with Crippen LogP contribution in [0.5, 0.6) is 0 Å². The summed E-state index contributed by atoms with van der Waals surface area (Å²) in [5.41, 5.74) is 5.88. The Kier molecular flexibility index (Phi) is 2.87. The summed E-state index contributed by atoms with van der Waals surface area (Å²) in [6.07, 6.45) is 3.54. The van der Waals surface area contributed by atoms with E-state index in [4.69, 9.17) is 5.73 Å². The summed E-state index contributed by atoms with van der Waals surface area (Å²) in [5.74, 6) is 0. The average Bonchev–Trinajstić information content (AvgIpc) is 2.36. The van der Waals surface area contributed by atoms with Gasteiger partial charge in [0.05, 0.1) is 11.8 Å². The number of nitrogens with two attached hydrogens (primary N) is 1. The van der Waals surface area contributed by atoms with E-state index in [-0.39, 0.29) is 11.8 Å². The standard InChI is InChI=1S/C8H19N3/c1-3-7(9)11-8(2)5-4-6-10-8/h7,10-11H,3-6,9H2,1-2H3. The lowest BCUT2D eigenvalue weighted by Crippen LogP contribution is -2.57. The Morgan fingerprint density at radius 3 is 2.91 bits per heavy atom. The topological polar surface area (TPSA) is 50.1 Å². The van der Waals surface area contributed by atoms with Crippen LogP contribution in [-0.4, -0.2) is 18.4 Å². The fourth-order valence-electron chi connectivity index (χ4n) is 1.53. The molecule has 2 unspecified atom stereocenters. The van der Waals surface area contributed by atoms with Crippen LogP contribution >= 0.6 is 0 Å². The molecule has 0 bridgehead atoms. The van der Waals surface area contributed by atoms with Gasteiger partial charge in [-0.05, 0) is 32.7 Å². The van der Waals surface area contributed by atoms with Crippen molar-refractivity contribution in [3.8, 4) is 0 Å². The summed E-state index contributed by atoms with van der Waals surface area (Å²) >= 11 is 0. The van der Waals surface area contributed by atoms with E-state index >= 15 is 0 Å². The highest BCUT2D eigenvalue weighted by Crippen LogP contribution is 2.15. The minimum atomic E-state index is 0.0927. The van der Waals surface area contributed by atoms with Gasteiger partial charge in [-0.25, -0.2) is 0 Å². The molecule has 66 valence electrons. The minimum absolute atomic E-state index is 0.0927. The van der Waals surface area contributed by atoms with Gasteiger partial charge in [-0.3, -0.25) is 10.6 Å². The van der Waals surface area contributed by atoms with Gasteiger partial charge in [0, 0.05) is 0 Å². The molecule has 1 fully saturated rings. The fourth-order valence-corrected chi connectivity index (χ4v) is 1.53. The number of hydrogen-bond acceptors (Lipinski definition) is 3. The second kappa shape index (κ2) is 3.52. The molecule has 2 atom stereocenters. The summed E-state index contributed by atoms with van der Waals surface area (Å²) < 4.78 is 0. The van der Waals surface area contributed by atoms with E-state index in [0.29, 0.717) is 0 Å². The van der Waals surface area contributed by atoms with Crippen molar-refractivity contribution in [1.29, 1.82) is 0 Å². The first-order valence-corrected chi connectivity index (χ1v) is 4.44. The highest BCUT2D eigenvalue weighted by atomic mass is 15.2. The molecule has 1 heterocycles. The van der Waals surface area contributed by atoms with Gasteiger partial charge in [0.2, 0.25) is 0 Å². The third-order valence-electron chi connectivity index (χ3n) is 2.31. The molecule has 0 saturated carbocycles. The molecule has 0 aromatic rings. The van der Waals surface area contributed by atoms with Crippen LogP contribution in [0.4, 0.5) is 0 Å². The maximum Gasteiger partial charge on any atom is 0.0670 e. The van der Waals surface area contributed by atoms with Crippen molar-refractivity contribution < 1.29 is 0 Å². The zero-order valence-electron chi connectivity index (χ0n) is 7.48. The molecule has 3 heteroatoms. The normalized spacial score (nSPS) is 34.1. The van der Waals surface area contributed by atoms with Crippen LogP contribution in [0.3, 0.4) is 0 Å². The predicted molar refractivity (Wildman–Crippen MR) is 47.0 cm³/mol. The molecule has 4 N–H and O–H groups in total. The first-order valence-electron chi connectivity index (χ1n) is 4.44. The van der Waals surface area contributed by atoms with E-state index in [9.17, 15) is 0 Å². The maximum absolute atomic E-state index is 5.79. The Morgan fingerprint density at radius 1 is 1.73 bits per heavy atom. The van der Waals surface area contributed by atoms with E-state index in [1.54, 1.807) is 0 Å².